The number of nitrogens with zero attached hydrogens (tertiary/aromatic N) is 1. The molecule has 20 heavy (non-hydrogen) atoms. The number of rotatable bonds is 4. The Hall–Kier alpha value is -1.71. The van der Waals surface area contributed by atoms with E-state index in [1.54, 1.807) is 0 Å². The van der Waals surface area contributed by atoms with Gasteiger partial charge in [0.1, 0.15) is 4.90 Å². The Bertz CT molecular complexity index is 610. The zero-order valence-electron chi connectivity index (χ0n) is 10.6. The smallest absolute Gasteiger partial charge is 0.270 e. The average molecular weight is 301 g/mol. The summed E-state index contributed by atoms with van der Waals surface area (Å²) in [5, 5.41) is 10.7. The minimum Gasteiger partial charge on any atom is -0.398 e. The summed E-state index contributed by atoms with van der Waals surface area (Å²) in [6.07, 6.45) is 1.42. The number of benzene rings is 1. The number of hydrogen-bond donors (Lipinski definition) is 2. The van der Waals surface area contributed by atoms with Gasteiger partial charge >= 0.3 is 0 Å². The van der Waals surface area contributed by atoms with E-state index in [4.69, 9.17) is 10.5 Å². The molecule has 1 aliphatic heterocycles. The molecule has 0 aliphatic carbocycles. The molecule has 2 rings (SSSR count). The first-order chi connectivity index (χ1) is 9.40. The maximum atomic E-state index is 12.2. The Labute approximate surface area is 116 Å². The summed E-state index contributed by atoms with van der Waals surface area (Å²) in [5.41, 5.74) is 5.26. The van der Waals surface area contributed by atoms with Crippen molar-refractivity contribution < 1.29 is 18.1 Å². The topological polar surface area (TPSA) is 125 Å². The number of nitro benzene ring substituents is 1. The van der Waals surface area contributed by atoms with E-state index < -0.39 is 14.9 Å². The molecule has 9 heteroatoms. The number of nitrogen functional groups attached to an aromatic ring is 1. The van der Waals surface area contributed by atoms with Crippen molar-refractivity contribution in [1.29, 1.82) is 0 Å². The largest absolute Gasteiger partial charge is 0.398 e. The van der Waals surface area contributed by atoms with Crippen molar-refractivity contribution in [2.45, 2.75) is 23.8 Å². The van der Waals surface area contributed by atoms with Crippen LogP contribution < -0.4 is 10.5 Å². The van der Waals surface area contributed by atoms with Gasteiger partial charge in [0.25, 0.3) is 5.69 Å². The molecule has 0 bridgehead atoms. The van der Waals surface area contributed by atoms with Gasteiger partial charge in [0.05, 0.1) is 17.2 Å². The van der Waals surface area contributed by atoms with Gasteiger partial charge in [-0.3, -0.25) is 10.1 Å². The van der Waals surface area contributed by atoms with E-state index in [0.29, 0.717) is 13.0 Å². The van der Waals surface area contributed by atoms with Crippen LogP contribution in [0.5, 0.6) is 0 Å². The van der Waals surface area contributed by atoms with Gasteiger partial charge in [-0.2, -0.15) is 0 Å². The molecule has 1 aliphatic rings. The molecule has 0 radical (unpaired) electrons. The number of nitrogens with one attached hydrogen (secondary N) is 1. The van der Waals surface area contributed by atoms with Crippen LogP contribution in [0.25, 0.3) is 0 Å². The summed E-state index contributed by atoms with van der Waals surface area (Å²) in [4.78, 5) is 9.77. The number of non-ortho nitro benzene ring substituents is 1. The fourth-order valence-electron chi connectivity index (χ4n) is 1.99. The van der Waals surface area contributed by atoms with Crippen LogP contribution in [0.2, 0.25) is 0 Å². The van der Waals surface area contributed by atoms with Gasteiger partial charge in [-0.15, -0.1) is 0 Å². The highest BCUT2D eigenvalue weighted by atomic mass is 32.2. The Morgan fingerprint density at radius 3 is 2.80 bits per heavy atom. The molecule has 1 aromatic rings. The molecule has 0 aromatic heterocycles. The van der Waals surface area contributed by atoms with Crippen molar-refractivity contribution >= 4 is 21.4 Å². The van der Waals surface area contributed by atoms with Gasteiger partial charge < -0.3 is 10.5 Å². The molecule has 0 amide bonds. The van der Waals surface area contributed by atoms with Crippen molar-refractivity contribution in [3.63, 3.8) is 0 Å². The molecule has 1 fully saturated rings. The molecular formula is C11H15N3O5S. The van der Waals surface area contributed by atoms with E-state index in [-0.39, 0.29) is 28.9 Å². The third-order valence-corrected chi connectivity index (χ3v) is 4.56. The van der Waals surface area contributed by atoms with Crippen molar-refractivity contribution in [2.75, 3.05) is 18.9 Å². The van der Waals surface area contributed by atoms with Crippen LogP contribution in [0, 0.1) is 10.1 Å². The van der Waals surface area contributed by atoms with E-state index in [9.17, 15) is 18.5 Å². The van der Waals surface area contributed by atoms with Crippen LogP contribution in [0.1, 0.15) is 12.8 Å². The summed E-state index contributed by atoms with van der Waals surface area (Å²) in [6.45, 7) is 0.894. The van der Waals surface area contributed by atoms with Crippen molar-refractivity contribution in [3.8, 4) is 0 Å². The molecule has 1 aromatic carbocycles. The molecule has 1 atom stereocenters. The second kappa shape index (κ2) is 5.73. The number of nitrogens with two attached hydrogens (primary N) is 1. The van der Waals surface area contributed by atoms with Gasteiger partial charge in [0, 0.05) is 24.8 Å². The van der Waals surface area contributed by atoms with Gasteiger partial charge in [-0.1, -0.05) is 0 Å². The maximum absolute atomic E-state index is 12.2. The Morgan fingerprint density at radius 2 is 2.20 bits per heavy atom. The molecule has 0 spiro atoms. The molecule has 1 heterocycles. The average Bonchev–Trinajstić information content (AvgIpc) is 2.39. The van der Waals surface area contributed by atoms with E-state index >= 15 is 0 Å². The van der Waals surface area contributed by atoms with E-state index in [0.717, 1.165) is 18.6 Å². The molecular weight excluding hydrogens is 286 g/mol. The minimum absolute atomic E-state index is 0.0279. The SMILES string of the molecule is Nc1ccc([N+](=O)[O-])cc1S(=O)(=O)NC1CCCOC1. The normalized spacial score (nSPS) is 19.7. The molecule has 8 nitrogen and oxygen atoms in total. The second-order valence-electron chi connectivity index (χ2n) is 4.51. The van der Waals surface area contributed by atoms with Gasteiger partial charge in [0.15, 0.2) is 0 Å². The lowest BCUT2D eigenvalue weighted by Crippen LogP contribution is -2.40. The van der Waals surface area contributed by atoms with E-state index in [1.807, 2.05) is 0 Å². The molecule has 1 saturated heterocycles. The first-order valence-electron chi connectivity index (χ1n) is 6.04. The van der Waals surface area contributed by atoms with Crippen molar-refractivity contribution in [1.82, 2.24) is 4.72 Å². The Kier molecular flexibility index (Phi) is 4.21. The highest BCUT2D eigenvalue weighted by Crippen LogP contribution is 2.24. The lowest BCUT2D eigenvalue weighted by atomic mass is 10.1. The predicted octanol–water partition coefficient (Wildman–Crippen LogP) is 0.634. The van der Waals surface area contributed by atoms with Crippen molar-refractivity contribution in [3.05, 3.63) is 28.3 Å². The number of sulfonamides is 1. The van der Waals surface area contributed by atoms with Crippen LogP contribution in [0.15, 0.2) is 23.1 Å². The lowest BCUT2D eigenvalue weighted by Gasteiger charge is -2.23. The van der Waals surface area contributed by atoms with Crippen LogP contribution in [-0.2, 0) is 14.8 Å². The second-order valence-corrected chi connectivity index (χ2v) is 6.20. The Morgan fingerprint density at radius 1 is 1.45 bits per heavy atom. The highest BCUT2D eigenvalue weighted by molar-refractivity contribution is 7.89. The summed E-state index contributed by atoms with van der Waals surface area (Å²) < 4.78 is 32.1. The predicted molar refractivity (Wildman–Crippen MR) is 71.7 cm³/mol. The highest BCUT2D eigenvalue weighted by Gasteiger charge is 2.25. The zero-order valence-corrected chi connectivity index (χ0v) is 11.4. The fourth-order valence-corrected chi connectivity index (χ4v) is 3.39. The Balaban J connectivity index is 2.28. The van der Waals surface area contributed by atoms with Crippen LogP contribution in [-0.4, -0.2) is 32.6 Å². The van der Waals surface area contributed by atoms with Crippen LogP contribution >= 0.6 is 0 Å². The molecule has 110 valence electrons. The maximum Gasteiger partial charge on any atom is 0.270 e. The van der Waals surface area contributed by atoms with Crippen molar-refractivity contribution in [2.24, 2.45) is 0 Å². The summed E-state index contributed by atoms with van der Waals surface area (Å²) in [7, 11) is -3.91. The molecule has 0 saturated carbocycles. The lowest BCUT2D eigenvalue weighted by molar-refractivity contribution is -0.385. The van der Waals surface area contributed by atoms with E-state index in [2.05, 4.69) is 4.72 Å². The monoisotopic (exact) mass is 301 g/mol. The van der Waals surface area contributed by atoms with Gasteiger partial charge in [-0.05, 0) is 18.9 Å². The number of anilines is 1. The minimum atomic E-state index is -3.91. The zero-order chi connectivity index (χ0) is 14.8. The first kappa shape index (κ1) is 14.7. The summed E-state index contributed by atoms with van der Waals surface area (Å²) >= 11 is 0. The van der Waals surface area contributed by atoms with E-state index in [1.165, 1.54) is 6.07 Å². The fraction of sp³-hybridized carbons (Fsp3) is 0.455. The number of nitro groups is 1. The number of hydrogen-bond acceptors (Lipinski definition) is 6. The quantitative estimate of drug-likeness (QED) is 0.477. The summed E-state index contributed by atoms with van der Waals surface area (Å²) in [6, 6.07) is 3.00. The third kappa shape index (κ3) is 3.24. The molecule has 3 N–H and O–H groups in total. The third-order valence-electron chi connectivity index (χ3n) is 2.98. The standard InChI is InChI=1S/C11H15N3O5S/c12-10-4-3-9(14(15)16)6-11(10)20(17,18)13-8-2-1-5-19-7-8/h3-4,6,8,13H,1-2,5,7,12H2. The van der Waals surface area contributed by atoms with Gasteiger partial charge in [-0.25, -0.2) is 13.1 Å². The van der Waals surface area contributed by atoms with Gasteiger partial charge in [0.2, 0.25) is 10.0 Å². The van der Waals surface area contributed by atoms with Crippen LogP contribution in [0.4, 0.5) is 11.4 Å². The summed E-state index contributed by atoms with van der Waals surface area (Å²) in [5.74, 6) is 0. The number of ether oxygens (including phenoxy) is 1. The van der Waals surface area contributed by atoms with Crippen LogP contribution in [0.3, 0.4) is 0 Å². The molecule has 1 unspecified atom stereocenters. The first-order valence-corrected chi connectivity index (χ1v) is 7.52.